The highest BCUT2D eigenvalue weighted by atomic mass is 16.6. The highest BCUT2D eigenvalue weighted by Crippen LogP contribution is 2.73. The second kappa shape index (κ2) is 7.31. The molecule has 1 saturated heterocycles. The lowest BCUT2D eigenvalue weighted by atomic mass is 9.63. The number of allylic oxidation sites excluding steroid dienone is 2. The summed E-state index contributed by atoms with van der Waals surface area (Å²) in [7, 11) is 0. The van der Waals surface area contributed by atoms with Crippen LogP contribution in [0.15, 0.2) is 84.9 Å². The van der Waals surface area contributed by atoms with Crippen LogP contribution in [0.1, 0.15) is 25.0 Å². The Bertz CT molecular complexity index is 1410. The largest absolute Gasteiger partial charge is 0.298 e. The molecule has 1 aliphatic heterocycles. The molecule has 2 fully saturated rings. The van der Waals surface area contributed by atoms with Crippen LogP contribution in [0.25, 0.3) is 11.1 Å². The van der Waals surface area contributed by atoms with Crippen LogP contribution in [0.3, 0.4) is 0 Å². The minimum absolute atomic E-state index is 0.118. The summed E-state index contributed by atoms with van der Waals surface area (Å²) >= 11 is 0. The number of benzene rings is 3. The van der Waals surface area contributed by atoms with Crippen LogP contribution in [0.2, 0.25) is 0 Å². The standard InChI is InChI=1S/C29H22N2O5/c1-28-21(17-9-5-3-6-10-17)22(18-11-7-4-8-12-18)29(2,27(28)34)24-23(28)25(32)30(26(24)33)19-13-15-20(16-14-19)31(35)36/h3-16,23-24H,1-2H3. The number of Topliss-reactive ketones (excluding diaryl/α,β-unsaturated/α-hetero) is 1. The van der Waals surface area contributed by atoms with E-state index in [0.717, 1.165) is 27.2 Å². The van der Waals surface area contributed by atoms with E-state index in [1.54, 1.807) is 13.8 Å². The molecule has 2 amide bonds. The third-order valence-electron chi connectivity index (χ3n) is 8.23. The second-order valence-electron chi connectivity index (χ2n) is 9.96. The lowest BCUT2D eigenvalue weighted by molar-refractivity contribution is -0.384. The Hall–Kier alpha value is -4.39. The van der Waals surface area contributed by atoms with Crippen LogP contribution < -0.4 is 4.90 Å². The molecule has 0 N–H and O–H groups in total. The summed E-state index contributed by atoms with van der Waals surface area (Å²) in [6, 6.07) is 24.5. The SMILES string of the molecule is CC12C(=O)C(C)(C(c3ccccc3)=C1c1ccccc1)C1C(=O)N(c3ccc([N+](=O)[O-])cc3)C(=O)C12. The molecule has 178 valence electrons. The van der Waals surface area contributed by atoms with Gasteiger partial charge in [-0.1, -0.05) is 60.7 Å². The van der Waals surface area contributed by atoms with Crippen LogP contribution in [-0.2, 0) is 14.4 Å². The van der Waals surface area contributed by atoms with Gasteiger partial charge in [0.2, 0.25) is 11.8 Å². The number of carbonyl (C=O) groups excluding carboxylic acids is 3. The maximum absolute atomic E-state index is 14.2. The lowest BCUT2D eigenvalue weighted by Crippen LogP contribution is -2.40. The van der Waals surface area contributed by atoms with E-state index in [9.17, 15) is 24.5 Å². The summed E-state index contributed by atoms with van der Waals surface area (Å²) < 4.78 is 0. The van der Waals surface area contributed by atoms with Gasteiger partial charge in [-0.2, -0.15) is 0 Å². The number of amides is 2. The van der Waals surface area contributed by atoms with Crippen molar-refractivity contribution < 1.29 is 19.3 Å². The molecule has 0 radical (unpaired) electrons. The van der Waals surface area contributed by atoms with E-state index in [1.807, 2.05) is 60.7 Å². The number of ketones is 1. The molecule has 1 saturated carbocycles. The van der Waals surface area contributed by atoms with Gasteiger partial charge < -0.3 is 0 Å². The Morgan fingerprint density at radius 3 is 1.50 bits per heavy atom. The van der Waals surface area contributed by atoms with Crippen LogP contribution in [0.5, 0.6) is 0 Å². The fraction of sp³-hybridized carbons (Fsp3) is 0.207. The normalized spacial score (nSPS) is 28.7. The maximum Gasteiger partial charge on any atom is 0.269 e. The van der Waals surface area contributed by atoms with Crippen molar-refractivity contribution in [2.75, 3.05) is 4.90 Å². The monoisotopic (exact) mass is 478 g/mol. The number of rotatable bonds is 4. The quantitative estimate of drug-likeness (QED) is 0.301. The Morgan fingerprint density at radius 2 is 1.11 bits per heavy atom. The molecule has 3 aromatic carbocycles. The van der Waals surface area contributed by atoms with E-state index in [-0.39, 0.29) is 17.2 Å². The van der Waals surface area contributed by atoms with Gasteiger partial charge in [-0.3, -0.25) is 24.5 Å². The van der Waals surface area contributed by atoms with E-state index in [1.165, 1.54) is 24.3 Å². The number of carbonyl (C=O) groups is 3. The Kier molecular flexibility index (Phi) is 4.48. The third kappa shape index (κ3) is 2.54. The molecule has 0 aromatic heterocycles. The van der Waals surface area contributed by atoms with Gasteiger partial charge in [0.25, 0.3) is 5.69 Å². The lowest BCUT2D eigenvalue weighted by Gasteiger charge is -2.35. The molecule has 0 spiro atoms. The van der Waals surface area contributed by atoms with Gasteiger partial charge in [0.05, 0.1) is 33.3 Å². The van der Waals surface area contributed by atoms with Gasteiger partial charge in [0, 0.05) is 12.1 Å². The first kappa shape index (κ1) is 22.1. The summed E-state index contributed by atoms with van der Waals surface area (Å²) in [4.78, 5) is 53.7. The molecule has 36 heavy (non-hydrogen) atoms. The van der Waals surface area contributed by atoms with Crippen molar-refractivity contribution in [3.8, 4) is 0 Å². The Balaban J connectivity index is 1.57. The summed E-state index contributed by atoms with van der Waals surface area (Å²) in [5, 5.41) is 11.1. The number of anilines is 1. The zero-order chi connectivity index (χ0) is 25.4. The minimum Gasteiger partial charge on any atom is -0.298 e. The highest BCUT2D eigenvalue weighted by Gasteiger charge is 2.78. The number of nitro groups is 1. The summed E-state index contributed by atoms with van der Waals surface area (Å²) in [6.45, 7) is 3.59. The predicted octanol–water partition coefficient (Wildman–Crippen LogP) is 4.92. The number of hydrogen-bond donors (Lipinski definition) is 0. The first-order valence-electron chi connectivity index (χ1n) is 11.8. The zero-order valence-electron chi connectivity index (χ0n) is 19.7. The molecular formula is C29H22N2O5. The molecular weight excluding hydrogens is 456 g/mol. The van der Waals surface area contributed by atoms with Crippen molar-refractivity contribution in [1.82, 2.24) is 0 Å². The van der Waals surface area contributed by atoms with E-state index in [0.29, 0.717) is 0 Å². The summed E-state index contributed by atoms with van der Waals surface area (Å²) in [5.41, 5.74) is 1.01. The molecule has 1 heterocycles. The molecule has 7 heteroatoms. The van der Waals surface area contributed by atoms with E-state index < -0.39 is 39.4 Å². The first-order chi connectivity index (χ1) is 17.2. The number of nitrogens with zero attached hydrogens (tertiary/aromatic N) is 2. The van der Waals surface area contributed by atoms with E-state index >= 15 is 0 Å². The summed E-state index contributed by atoms with van der Waals surface area (Å²) in [5.74, 6) is -2.73. The van der Waals surface area contributed by atoms with Gasteiger partial charge in [0.1, 0.15) is 0 Å². The molecule has 4 atom stereocenters. The van der Waals surface area contributed by atoms with Crippen molar-refractivity contribution in [2.24, 2.45) is 22.7 Å². The van der Waals surface area contributed by atoms with Crippen LogP contribution in [-0.4, -0.2) is 22.5 Å². The van der Waals surface area contributed by atoms with Crippen molar-refractivity contribution in [3.63, 3.8) is 0 Å². The average molecular weight is 479 g/mol. The zero-order valence-corrected chi connectivity index (χ0v) is 19.7. The molecule has 6 rings (SSSR count). The molecule has 2 aliphatic carbocycles. The number of fused-ring (bicyclic) bond motifs is 5. The smallest absolute Gasteiger partial charge is 0.269 e. The van der Waals surface area contributed by atoms with Crippen molar-refractivity contribution >= 4 is 40.1 Å². The van der Waals surface area contributed by atoms with Crippen molar-refractivity contribution in [3.05, 3.63) is 106 Å². The third-order valence-corrected chi connectivity index (χ3v) is 8.23. The van der Waals surface area contributed by atoms with Crippen molar-refractivity contribution in [1.29, 1.82) is 0 Å². The average Bonchev–Trinajstić information content (AvgIpc) is 3.34. The van der Waals surface area contributed by atoms with Crippen LogP contribution in [0.4, 0.5) is 11.4 Å². The Labute approximate surface area is 207 Å². The van der Waals surface area contributed by atoms with Gasteiger partial charge in [-0.25, -0.2) is 4.90 Å². The van der Waals surface area contributed by atoms with Gasteiger partial charge >= 0.3 is 0 Å². The second-order valence-corrected chi connectivity index (χ2v) is 9.96. The van der Waals surface area contributed by atoms with Crippen LogP contribution in [0, 0.1) is 32.8 Å². The minimum atomic E-state index is -1.20. The topological polar surface area (TPSA) is 97.6 Å². The highest BCUT2D eigenvalue weighted by molar-refractivity contribution is 6.34. The van der Waals surface area contributed by atoms with E-state index in [2.05, 4.69) is 0 Å². The van der Waals surface area contributed by atoms with Crippen LogP contribution >= 0.6 is 0 Å². The first-order valence-corrected chi connectivity index (χ1v) is 11.8. The van der Waals surface area contributed by atoms with Gasteiger partial charge in [-0.15, -0.1) is 0 Å². The Morgan fingerprint density at radius 1 is 0.694 bits per heavy atom. The maximum atomic E-state index is 14.2. The molecule has 3 aromatic rings. The molecule has 7 nitrogen and oxygen atoms in total. The fourth-order valence-electron chi connectivity index (χ4n) is 6.79. The van der Waals surface area contributed by atoms with Gasteiger partial charge in [0.15, 0.2) is 5.78 Å². The number of hydrogen-bond acceptors (Lipinski definition) is 5. The van der Waals surface area contributed by atoms with Crippen molar-refractivity contribution in [2.45, 2.75) is 13.8 Å². The van der Waals surface area contributed by atoms with Gasteiger partial charge in [-0.05, 0) is 48.3 Å². The molecule has 3 aliphatic rings. The van der Waals surface area contributed by atoms with E-state index in [4.69, 9.17) is 0 Å². The number of non-ortho nitro benzene ring substituents is 1. The molecule has 4 unspecified atom stereocenters. The number of nitro benzene ring substituents is 1. The predicted molar refractivity (Wildman–Crippen MR) is 133 cm³/mol. The molecule has 2 bridgehead atoms. The summed E-state index contributed by atoms with van der Waals surface area (Å²) in [6.07, 6.45) is 0. The number of imide groups is 1. The fourth-order valence-corrected chi connectivity index (χ4v) is 6.79.